The average Bonchev–Trinajstić information content (AvgIpc) is 2.63. The molecule has 1 unspecified atom stereocenters. The molecule has 1 heterocycles. The average molecular weight is 245 g/mol. The summed E-state index contributed by atoms with van der Waals surface area (Å²) in [6, 6.07) is 7.47. The number of amides is 1. The van der Waals surface area contributed by atoms with E-state index in [1.54, 1.807) is 0 Å². The van der Waals surface area contributed by atoms with Crippen molar-refractivity contribution in [1.82, 2.24) is 0 Å². The van der Waals surface area contributed by atoms with E-state index in [4.69, 9.17) is 0 Å². The molecule has 1 aliphatic heterocycles. The van der Waals surface area contributed by atoms with Crippen LogP contribution < -0.4 is 5.32 Å². The molecule has 1 saturated carbocycles. The van der Waals surface area contributed by atoms with E-state index in [1.165, 1.54) is 19.3 Å². The van der Waals surface area contributed by atoms with Gasteiger partial charge in [0.15, 0.2) is 5.60 Å². The summed E-state index contributed by atoms with van der Waals surface area (Å²) in [6.45, 7) is 0. The maximum Gasteiger partial charge on any atom is 0.261 e. The fourth-order valence-corrected chi connectivity index (χ4v) is 3.31. The molecule has 96 valence electrons. The van der Waals surface area contributed by atoms with Gasteiger partial charge in [-0.2, -0.15) is 0 Å². The van der Waals surface area contributed by atoms with Crippen molar-refractivity contribution in [2.24, 2.45) is 5.92 Å². The molecule has 1 amide bonds. The largest absolute Gasteiger partial charge is 0.375 e. The molecule has 0 bridgehead atoms. The van der Waals surface area contributed by atoms with Crippen LogP contribution in [0.2, 0.25) is 0 Å². The number of nitrogens with one attached hydrogen (secondary N) is 1. The Morgan fingerprint density at radius 1 is 1.22 bits per heavy atom. The summed E-state index contributed by atoms with van der Waals surface area (Å²) in [5.74, 6) is 0.218. The molecular weight excluding hydrogens is 226 g/mol. The number of aliphatic hydroxyl groups is 1. The molecule has 0 spiro atoms. The molecule has 1 atom stereocenters. The molecule has 2 N–H and O–H groups in total. The molecule has 0 saturated heterocycles. The van der Waals surface area contributed by atoms with Crippen LogP contribution in [0.4, 0.5) is 5.69 Å². The molecular formula is C15H19NO2. The minimum absolute atomic E-state index is 0.255. The molecule has 0 aromatic heterocycles. The van der Waals surface area contributed by atoms with Crippen LogP contribution >= 0.6 is 0 Å². The van der Waals surface area contributed by atoms with Crippen molar-refractivity contribution in [1.29, 1.82) is 0 Å². The molecule has 0 radical (unpaired) electrons. The van der Waals surface area contributed by atoms with Crippen molar-refractivity contribution in [2.45, 2.75) is 44.1 Å². The first-order valence-electron chi connectivity index (χ1n) is 6.83. The van der Waals surface area contributed by atoms with Crippen molar-refractivity contribution in [3.05, 3.63) is 29.8 Å². The lowest BCUT2D eigenvalue weighted by atomic mass is 9.78. The van der Waals surface area contributed by atoms with Gasteiger partial charge in [0.25, 0.3) is 5.91 Å². The number of benzene rings is 1. The first-order valence-corrected chi connectivity index (χ1v) is 6.83. The summed E-state index contributed by atoms with van der Waals surface area (Å²) in [5.41, 5.74) is 0.208. The Morgan fingerprint density at radius 3 is 2.72 bits per heavy atom. The number of carbonyl (C=O) groups is 1. The Labute approximate surface area is 107 Å². The molecule has 1 aromatic rings. The summed E-state index contributed by atoms with van der Waals surface area (Å²) in [4.78, 5) is 12.1. The highest BCUT2D eigenvalue weighted by molar-refractivity contribution is 6.04. The second kappa shape index (κ2) is 4.39. The highest BCUT2D eigenvalue weighted by Crippen LogP contribution is 2.42. The van der Waals surface area contributed by atoms with E-state index in [2.05, 4.69) is 5.32 Å². The number of hydrogen-bond donors (Lipinski definition) is 2. The zero-order chi connectivity index (χ0) is 12.6. The smallest absolute Gasteiger partial charge is 0.261 e. The molecule has 3 nitrogen and oxygen atoms in total. The van der Waals surface area contributed by atoms with E-state index in [9.17, 15) is 9.90 Å². The van der Waals surface area contributed by atoms with Crippen LogP contribution in [0.25, 0.3) is 0 Å². The second-order valence-corrected chi connectivity index (χ2v) is 5.57. The lowest BCUT2D eigenvalue weighted by Gasteiger charge is -2.29. The first-order chi connectivity index (χ1) is 8.70. The number of fused-ring (bicyclic) bond motifs is 1. The van der Waals surface area contributed by atoms with Gasteiger partial charge >= 0.3 is 0 Å². The quantitative estimate of drug-likeness (QED) is 0.841. The van der Waals surface area contributed by atoms with E-state index in [1.807, 2.05) is 24.3 Å². The van der Waals surface area contributed by atoms with Crippen molar-refractivity contribution >= 4 is 11.6 Å². The molecule has 1 aliphatic carbocycles. The summed E-state index contributed by atoms with van der Waals surface area (Å²) in [7, 11) is 0. The number of hydrogen-bond acceptors (Lipinski definition) is 2. The van der Waals surface area contributed by atoms with Gasteiger partial charge in [-0.15, -0.1) is 0 Å². The molecule has 18 heavy (non-hydrogen) atoms. The zero-order valence-electron chi connectivity index (χ0n) is 10.5. The van der Waals surface area contributed by atoms with E-state index in [0.717, 1.165) is 24.1 Å². The lowest BCUT2D eigenvalue weighted by Crippen LogP contribution is -2.36. The van der Waals surface area contributed by atoms with Gasteiger partial charge in [0, 0.05) is 11.3 Å². The van der Waals surface area contributed by atoms with E-state index >= 15 is 0 Å². The fourth-order valence-electron chi connectivity index (χ4n) is 3.31. The number of carbonyl (C=O) groups excluding carboxylic acids is 1. The zero-order valence-corrected chi connectivity index (χ0v) is 10.5. The van der Waals surface area contributed by atoms with Gasteiger partial charge in [-0.1, -0.05) is 50.3 Å². The normalized spacial score (nSPS) is 27.9. The van der Waals surface area contributed by atoms with Crippen molar-refractivity contribution in [3.8, 4) is 0 Å². The van der Waals surface area contributed by atoms with Crippen molar-refractivity contribution < 1.29 is 9.90 Å². The molecule has 1 aromatic carbocycles. The number of anilines is 1. The maximum absolute atomic E-state index is 12.1. The fraction of sp³-hybridized carbons (Fsp3) is 0.533. The molecule has 3 heteroatoms. The van der Waals surface area contributed by atoms with Crippen LogP contribution in [0.15, 0.2) is 24.3 Å². The standard InChI is InChI=1S/C15H19NO2/c17-14-15(18,10-11-6-2-1-3-7-11)12-8-4-5-9-13(12)16-14/h4-5,8-9,11,18H,1-3,6-7,10H2,(H,16,17). The third kappa shape index (κ3) is 1.83. The van der Waals surface area contributed by atoms with Gasteiger partial charge < -0.3 is 10.4 Å². The molecule has 2 aliphatic rings. The minimum atomic E-state index is -1.31. The summed E-state index contributed by atoms with van der Waals surface area (Å²) in [5, 5.41) is 13.5. The summed E-state index contributed by atoms with van der Waals surface area (Å²) < 4.78 is 0. The highest BCUT2D eigenvalue weighted by atomic mass is 16.3. The van der Waals surface area contributed by atoms with Crippen molar-refractivity contribution in [3.63, 3.8) is 0 Å². The topological polar surface area (TPSA) is 49.3 Å². The van der Waals surface area contributed by atoms with Gasteiger partial charge in [-0.05, 0) is 18.4 Å². The Hall–Kier alpha value is -1.35. The monoisotopic (exact) mass is 245 g/mol. The van der Waals surface area contributed by atoms with Crippen LogP contribution in [-0.4, -0.2) is 11.0 Å². The Balaban J connectivity index is 1.86. The van der Waals surface area contributed by atoms with E-state index in [-0.39, 0.29) is 5.91 Å². The maximum atomic E-state index is 12.1. The third-order valence-electron chi connectivity index (χ3n) is 4.31. The van der Waals surface area contributed by atoms with Crippen LogP contribution in [0.1, 0.15) is 44.1 Å². The summed E-state index contributed by atoms with van der Waals surface area (Å²) >= 11 is 0. The number of para-hydroxylation sites is 1. The Bertz CT molecular complexity index is 465. The lowest BCUT2D eigenvalue weighted by molar-refractivity contribution is -0.135. The van der Waals surface area contributed by atoms with E-state index < -0.39 is 5.60 Å². The van der Waals surface area contributed by atoms with Gasteiger partial charge in [-0.3, -0.25) is 4.79 Å². The Morgan fingerprint density at radius 2 is 1.94 bits per heavy atom. The second-order valence-electron chi connectivity index (χ2n) is 5.57. The number of rotatable bonds is 2. The highest BCUT2D eigenvalue weighted by Gasteiger charge is 2.46. The van der Waals surface area contributed by atoms with Crippen LogP contribution in [0.3, 0.4) is 0 Å². The van der Waals surface area contributed by atoms with E-state index in [0.29, 0.717) is 12.3 Å². The first kappa shape index (κ1) is 11.7. The predicted molar refractivity (Wildman–Crippen MR) is 70.2 cm³/mol. The van der Waals surface area contributed by atoms with Crippen LogP contribution in [0.5, 0.6) is 0 Å². The van der Waals surface area contributed by atoms with Crippen LogP contribution in [-0.2, 0) is 10.4 Å². The predicted octanol–water partition coefficient (Wildman–Crippen LogP) is 2.80. The third-order valence-corrected chi connectivity index (χ3v) is 4.31. The van der Waals surface area contributed by atoms with Gasteiger partial charge in [0.2, 0.25) is 0 Å². The van der Waals surface area contributed by atoms with Crippen LogP contribution in [0, 0.1) is 5.92 Å². The molecule has 3 rings (SSSR count). The Kier molecular flexibility index (Phi) is 2.86. The minimum Gasteiger partial charge on any atom is -0.375 e. The summed E-state index contributed by atoms with van der Waals surface area (Å²) in [6.07, 6.45) is 6.58. The van der Waals surface area contributed by atoms with Gasteiger partial charge in [0.1, 0.15) is 0 Å². The van der Waals surface area contributed by atoms with Crippen molar-refractivity contribution in [2.75, 3.05) is 5.32 Å². The SMILES string of the molecule is O=C1Nc2ccccc2C1(O)CC1CCCCC1. The molecule has 1 fully saturated rings. The van der Waals surface area contributed by atoms with Gasteiger partial charge in [0.05, 0.1) is 0 Å². The van der Waals surface area contributed by atoms with Gasteiger partial charge in [-0.25, -0.2) is 0 Å².